The molecule has 0 rings (SSSR count). The monoisotopic (exact) mass is 158 g/mol. The minimum absolute atomic E-state index is 0.102. The molecule has 0 bridgehead atoms. The van der Waals surface area contributed by atoms with Gasteiger partial charge in [-0.3, -0.25) is 0 Å². The van der Waals surface area contributed by atoms with Crippen molar-refractivity contribution in [1.82, 2.24) is 0 Å². The Hall–Kier alpha value is -0.830. The van der Waals surface area contributed by atoms with E-state index in [9.17, 15) is 4.79 Å². The number of ether oxygens (including phenoxy) is 1. The van der Waals surface area contributed by atoms with Crippen molar-refractivity contribution in [3.63, 3.8) is 0 Å². The van der Waals surface area contributed by atoms with Crippen molar-refractivity contribution in [2.24, 2.45) is 5.92 Å². The molecule has 0 aromatic heterocycles. The largest absolute Gasteiger partial charge is 0.478 e. The lowest BCUT2D eigenvalue weighted by Crippen LogP contribution is -2.09. The highest BCUT2D eigenvalue weighted by molar-refractivity contribution is 5.85. The molecule has 0 aliphatic carbocycles. The predicted octanol–water partition coefficient (Wildman–Crippen LogP) is 1.30. The maximum atomic E-state index is 10.2. The zero-order chi connectivity index (χ0) is 8.85. The SMILES string of the molecule is C=C(COCC(C)C)C(=O)O. The van der Waals surface area contributed by atoms with Crippen LogP contribution in [0, 0.1) is 5.92 Å². The maximum absolute atomic E-state index is 10.2. The molecule has 11 heavy (non-hydrogen) atoms. The van der Waals surface area contributed by atoms with Crippen molar-refractivity contribution in [3.05, 3.63) is 12.2 Å². The second kappa shape index (κ2) is 4.91. The summed E-state index contributed by atoms with van der Waals surface area (Å²) in [6, 6.07) is 0. The number of rotatable bonds is 5. The van der Waals surface area contributed by atoms with Crippen LogP contribution in [0.2, 0.25) is 0 Å². The normalized spacial score (nSPS) is 10.1. The second-order valence-electron chi connectivity index (χ2n) is 2.82. The van der Waals surface area contributed by atoms with Gasteiger partial charge in [-0.1, -0.05) is 20.4 Å². The third kappa shape index (κ3) is 5.61. The van der Waals surface area contributed by atoms with Crippen molar-refractivity contribution in [3.8, 4) is 0 Å². The summed E-state index contributed by atoms with van der Waals surface area (Å²) in [7, 11) is 0. The van der Waals surface area contributed by atoms with E-state index in [1.165, 1.54) is 0 Å². The fourth-order valence-electron chi connectivity index (χ4n) is 0.480. The lowest BCUT2D eigenvalue weighted by molar-refractivity contribution is -0.133. The van der Waals surface area contributed by atoms with Crippen molar-refractivity contribution in [1.29, 1.82) is 0 Å². The molecule has 0 spiro atoms. The average Bonchev–Trinajstić information content (AvgIpc) is 1.86. The van der Waals surface area contributed by atoms with E-state index in [1.54, 1.807) is 0 Å². The summed E-state index contributed by atoms with van der Waals surface area (Å²) in [5.41, 5.74) is 0.102. The van der Waals surface area contributed by atoms with Crippen LogP contribution in [-0.4, -0.2) is 24.3 Å². The smallest absolute Gasteiger partial charge is 0.333 e. The maximum Gasteiger partial charge on any atom is 0.333 e. The van der Waals surface area contributed by atoms with Crippen molar-refractivity contribution < 1.29 is 14.6 Å². The molecule has 0 amide bonds. The molecule has 0 aliphatic rings. The van der Waals surface area contributed by atoms with E-state index in [0.717, 1.165) is 0 Å². The van der Waals surface area contributed by atoms with E-state index in [2.05, 4.69) is 6.58 Å². The van der Waals surface area contributed by atoms with Crippen LogP contribution in [0.5, 0.6) is 0 Å². The van der Waals surface area contributed by atoms with Crippen LogP contribution < -0.4 is 0 Å². The third-order valence-corrected chi connectivity index (χ3v) is 1.03. The molecule has 3 nitrogen and oxygen atoms in total. The van der Waals surface area contributed by atoms with Crippen molar-refractivity contribution >= 4 is 5.97 Å². The Morgan fingerprint density at radius 2 is 2.18 bits per heavy atom. The molecule has 1 N–H and O–H groups in total. The van der Waals surface area contributed by atoms with Gasteiger partial charge in [0.15, 0.2) is 0 Å². The Kier molecular flexibility index (Phi) is 4.54. The van der Waals surface area contributed by atoms with Crippen LogP contribution in [0.4, 0.5) is 0 Å². The van der Waals surface area contributed by atoms with Crippen LogP contribution in [0.15, 0.2) is 12.2 Å². The summed E-state index contributed by atoms with van der Waals surface area (Å²) in [6.07, 6.45) is 0. The van der Waals surface area contributed by atoms with Crippen LogP contribution in [-0.2, 0) is 9.53 Å². The molecule has 0 saturated heterocycles. The van der Waals surface area contributed by atoms with Gasteiger partial charge in [0.2, 0.25) is 0 Å². The zero-order valence-corrected chi connectivity index (χ0v) is 6.96. The summed E-state index contributed by atoms with van der Waals surface area (Å²) in [6.45, 7) is 8.03. The molecular formula is C8H14O3. The van der Waals surface area contributed by atoms with Crippen LogP contribution in [0.25, 0.3) is 0 Å². The Morgan fingerprint density at radius 3 is 2.55 bits per heavy atom. The summed E-state index contributed by atoms with van der Waals surface area (Å²) >= 11 is 0. The Bertz CT molecular complexity index is 149. The predicted molar refractivity (Wildman–Crippen MR) is 42.4 cm³/mol. The highest BCUT2D eigenvalue weighted by Crippen LogP contribution is 1.96. The highest BCUT2D eigenvalue weighted by Gasteiger charge is 2.03. The molecule has 0 aliphatic heterocycles. The molecule has 0 saturated carbocycles. The van der Waals surface area contributed by atoms with Gasteiger partial charge in [0.25, 0.3) is 0 Å². The van der Waals surface area contributed by atoms with Crippen LogP contribution in [0.1, 0.15) is 13.8 Å². The Labute approximate surface area is 66.7 Å². The number of hydrogen-bond donors (Lipinski definition) is 1. The topological polar surface area (TPSA) is 46.5 Å². The van der Waals surface area contributed by atoms with E-state index in [4.69, 9.17) is 9.84 Å². The zero-order valence-electron chi connectivity index (χ0n) is 6.96. The van der Waals surface area contributed by atoms with Gasteiger partial charge in [-0.05, 0) is 5.92 Å². The minimum Gasteiger partial charge on any atom is -0.478 e. The van der Waals surface area contributed by atoms with Crippen LogP contribution >= 0.6 is 0 Å². The lowest BCUT2D eigenvalue weighted by Gasteiger charge is -2.05. The Balaban J connectivity index is 3.40. The molecular weight excluding hydrogens is 144 g/mol. The van der Waals surface area contributed by atoms with Crippen molar-refractivity contribution in [2.45, 2.75) is 13.8 Å². The van der Waals surface area contributed by atoms with Gasteiger partial charge >= 0.3 is 5.97 Å². The highest BCUT2D eigenvalue weighted by atomic mass is 16.5. The summed E-state index contributed by atoms with van der Waals surface area (Å²) in [4.78, 5) is 10.2. The third-order valence-electron chi connectivity index (χ3n) is 1.03. The van der Waals surface area contributed by atoms with Gasteiger partial charge in [-0.2, -0.15) is 0 Å². The molecule has 0 radical (unpaired) electrons. The van der Waals surface area contributed by atoms with Gasteiger partial charge < -0.3 is 9.84 Å². The van der Waals surface area contributed by atoms with Gasteiger partial charge in [0, 0.05) is 6.61 Å². The summed E-state index contributed by atoms with van der Waals surface area (Å²) < 4.78 is 5.04. The number of carboxylic acid groups (broad SMARTS) is 1. The second-order valence-corrected chi connectivity index (χ2v) is 2.82. The number of aliphatic carboxylic acids is 1. The number of hydrogen-bond acceptors (Lipinski definition) is 2. The van der Waals surface area contributed by atoms with E-state index >= 15 is 0 Å². The van der Waals surface area contributed by atoms with E-state index in [0.29, 0.717) is 12.5 Å². The molecule has 0 aromatic carbocycles. The first kappa shape index (κ1) is 10.2. The summed E-state index contributed by atoms with van der Waals surface area (Å²) in [5, 5.41) is 8.37. The quantitative estimate of drug-likeness (QED) is 0.613. The molecule has 3 heteroatoms. The van der Waals surface area contributed by atoms with Gasteiger partial charge in [0.1, 0.15) is 0 Å². The van der Waals surface area contributed by atoms with E-state index in [1.807, 2.05) is 13.8 Å². The van der Waals surface area contributed by atoms with Gasteiger partial charge in [0.05, 0.1) is 12.2 Å². The van der Waals surface area contributed by atoms with E-state index < -0.39 is 5.97 Å². The molecule has 0 unspecified atom stereocenters. The molecule has 0 heterocycles. The fourth-order valence-corrected chi connectivity index (χ4v) is 0.480. The number of carbonyl (C=O) groups is 1. The molecule has 0 atom stereocenters. The lowest BCUT2D eigenvalue weighted by atomic mass is 10.2. The standard InChI is InChI=1S/C8H14O3/c1-6(2)4-11-5-7(3)8(9)10/h6H,3-5H2,1-2H3,(H,9,10). The van der Waals surface area contributed by atoms with E-state index in [-0.39, 0.29) is 12.2 Å². The summed E-state index contributed by atoms with van der Waals surface area (Å²) in [5.74, 6) is -0.564. The fraction of sp³-hybridized carbons (Fsp3) is 0.625. The van der Waals surface area contributed by atoms with Gasteiger partial charge in [-0.25, -0.2) is 4.79 Å². The minimum atomic E-state index is -0.992. The van der Waals surface area contributed by atoms with Crippen LogP contribution in [0.3, 0.4) is 0 Å². The first-order chi connectivity index (χ1) is 5.04. The number of carboxylic acids is 1. The first-order valence-electron chi connectivity index (χ1n) is 3.53. The molecule has 64 valence electrons. The molecule has 0 fully saturated rings. The Morgan fingerprint density at radius 1 is 1.64 bits per heavy atom. The van der Waals surface area contributed by atoms with Crippen molar-refractivity contribution in [2.75, 3.05) is 13.2 Å². The average molecular weight is 158 g/mol. The first-order valence-corrected chi connectivity index (χ1v) is 3.53. The van der Waals surface area contributed by atoms with Gasteiger partial charge in [-0.15, -0.1) is 0 Å². The molecule has 0 aromatic rings.